The molecule has 0 aliphatic heterocycles. The Morgan fingerprint density at radius 1 is 1.53 bits per heavy atom. The summed E-state index contributed by atoms with van der Waals surface area (Å²) in [5.74, 6) is -0.0175. The van der Waals surface area contributed by atoms with E-state index in [9.17, 15) is 4.79 Å². The molecule has 0 unspecified atom stereocenters. The maximum Gasteiger partial charge on any atom is 0.257 e. The molecular weight excluding hydrogens is 242 g/mol. The maximum absolute atomic E-state index is 12.6. The van der Waals surface area contributed by atoms with Crippen molar-refractivity contribution in [3.63, 3.8) is 0 Å². The Labute approximate surface area is 115 Å². The van der Waals surface area contributed by atoms with Crippen LogP contribution in [0.3, 0.4) is 0 Å². The van der Waals surface area contributed by atoms with Gasteiger partial charge in [0.25, 0.3) is 5.91 Å². The van der Waals surface area contributed by atoms with Crippen LogP contribution in [0.5, 0.6) is 0 Å². The van der Waals surface area contributed by atoms with Crippen LogP contribution in [-0.2, 0) is 4.74 Å². The van der Waals surface area contributed by atoms with E-state index < -0.39 is 0 Å². The Hall–Kier alpha value is -1.62. The first-order valence-electron chi connectivity index (χ1n) is 6.59. The van der Waals surface area contributed by atoms with Gasteiger partial charge in [-0.2, -0.15) is 0 Å². The van der Waals surface area contributed by atoms with Crippen LogP contribution in [0.15, 0.2) is 18.5 Å². The van der Waals surface area contributed by atoms with E-state index in [4.69, 9.17) is 4.74 Å². The molecule has 0 saturated heterocycles. The lowest BCUT2D eigenvalue weighted by molar-refractivity contribution is 0.0635. The van der Waals surface area contributed by atoms with Crippen LogP contribution >= 0.6 is 0 Å². The SMILES string of the molecule is CCNc1ccncc1C(=O)N(CCOC)C(C)C. The Morgan fingerprint density at radius 3 is 2.84 bits per heavy atom. The molecular formula is C14H23N3O2. The Balaban J connectivity index is 2.95. The number of methoxy groups -OCH3 is 1. The third kappa shape index (κ3) is 4.21. The van der Waals surface area contributed by atoms with E-state index in [1.54, 1.807) is 24.4 Å². The van der Waals surface area contributed by atoms with Gasteiger partial charge in [0.2, 0.25) is 0 Å². The van der Waals surface area contributed by atoms with Crippen molar-refractivity contribution in [2.24, 2.45) is 0 Å². The Morgan fingerprint density at radius 2 is 2.26 bits per heavy atom. The van der Waals surface area contributed by atoms with Gasteiger partial charge in [-0.15, -0.1) is 0 Å². The van der Waals surface area contributed by atoms with Crippen molar-refractivity contribution in [1.82, 2.24) is 9.88 Å². The minimum atomic E-state index is -0.0175. The van der Waals surface area contributed by atoms with Gasteiger partial charge in [-0.3, -0.25) is 9.78 Å². The third-order valence-electron chi connectivity index (χ3n) is 2.84. The molecule has 0 bridgehead atoms. The number of amides is 1. The van der Waals surface area contributed by atoms with Gasteiger partial charge in [-0.05, 0) is 26.8 Å². The standard InChI is InChI=1S/C14H23N3O2/c1-5-16-13-6-7-15-10-12(13)14(18)17(11(2)3)8-9-19-4/h6-7,10-11H,5,8-9H2,1-4H3,(H,15,16). The summed E-state index contributed by atoms with van der Waals surface area (Å²) in [4.78, 5) is 18.4. The predicted octanol–water partition coefficient (Wildman–Crippen LogP) is 2.01. The van der Waals surface area contributed by atoms with Crippen LogP contribution < -0.4 is 5.32 Å². The van der Waals surface area contributed by atoms with Crippen molar-refractivity contribution < 1.29 is 9.53 Å². The van der Waals surface area contributed by atoms with Crippen molar-refractivity contribution in [3.8, 4) is 0 Å². The first kappa shape index (κ1) is 15.4. The predicted molar refractivity (Wildman–Crippen MR) is 76.4 cm³/mol. The summed E-state index contributed by atoms with van der Waals surface area (Å²) in [6, 6.07) is 1.95. The zero-order valence-electron chi connectivity index (χ0n) is 12.1. The van der Waals surface area contributed by atoms with Gasteiger partial charge in [-0.1, -0.05) is 0 Å². The maximum atomic E-state index is 12.6. The number of nitrogens with one attached hydrogen (secondary N) is 1. The second-order valence-electron chi connectivity index (χ2n) is 4.54. The van der Waals surface area contributed by atoms with E-state index in [1.165, 1.54) is 0 Å². The topological polar surface area (TPSA) is 54.5 Å². The first-order valence-corrected chi connectivity index (χ1v) is 6.59. The molecule has 0 fully saturated rings. The largest absolute Gasteiger partial charge is 0.385 e. The molecule has 1 heterocycles. The second-order valence-corrected chi connectivity index (χ2v) is 4.54. The number of anilines is 1. The zero-order valence-corrected chi connectivity index (χ0v) is 12.1. The first-order chi connectivity index (χ1) is 9.11. The molecule has 106 valence electrons. The summed E-state index contributed by atoms with van der Waals surface area (Å²) in [7, 11) is 1.64. The van der Waals surface area contributed by atoms with Crippen LogP contribution in [0.2, 0.25) is 0 Å². The summed E-state index contributed by atoms with van der Waals surface area (Å²) in [6.45, 7) is 7.87. The van der Waals surface area contributed by atoms with Gasteiger partial charge < -0.3 is 15.0 Å². The normalized spacial score (nSPS) is 10.6. The molecule has 0 aliphatic rings. The molecule has 1 N–H and O–H groups in total. The number of aromatic nitrogens is 1. The molecule has 0 atom stereocenters. The fourth-order valence-electron chi connectivity index (χ4n) is 1.85. The van der Waals surface area contributed by atoms with Crippen LogP contribution in [0.1, 0.15) is 31.1 Å². The highest BCUT2D eigenvalue weighted by Crippen LogP contribution is 2.17. The molecule has 0 saturated carbocycles. The van der Waals surface area contributed by atoms with Crippen molar-refractivity contribution in [1.29, 1.82) is 0 Å². The molecule has 5 nitrogen and oxygen atoms in total. The molecule has 5 heteroatoms. The molecule has 1 rings (SSSR count). The molecule has 0 aliphatic carbocycles. The Bertz CT molecular complexity index is 407. The van der Waals surface area contributed by atoms with Gasteiger partial charge in [-0.25, -0.2) is 0 Å². The molecule has 19 heavy (non-hydrogen) atoms. The fraction of sp³-hybridized carbons (Fsp3) is 0.571. The van der Waals surface area contributed by atoms with Crippen molar-refractivity contribution in [2.45, 2.75) is 26.8 Å². The fourth-order valence-corrected chi connectivity index (χ4v) is 1.85. The number of pyridine rings is 1. The van der Waals surface area contributed by atoms with Gasteiger partial charge >= 0.3 is 0 Å². The van der Waals surface area contributed by atoms with Gasteiger partial charge in [0, 0.05) is 38.6 Å². The highest BCUT2D eigenvalue weighted by molar-refractivity contribution is 5.99. The van der Waals surface area contributed by atoms with E-state index in [2.05, 4.69) is 10.3 Å². The van der Waals surface area contributed by atoms with Crippen LogP contribution in [0.4, 0.5) is 5.69 Å². The number of hydrogen-bond donors (Lipinski definition) is 1. The van der Waals surface area contributed by atoms with Gasteiger partial charge in [0.1, 0.15) is 0 Å². The van der Waals surface area contributed by atoms with Crippen LogP contribution in [0.25, 0.3) is 0 Å². The van der Waals surface area contributed by atoms with Gasteiger partial charge in [0.15, 0.2) is 0 Å². The van der Waals surface area contributed by atoms with Crippen molar-refractivity contribution >= 4 is 11.6 Å². The molecule has 1 amide bonds. The third-order valence-corrected chi connectivity index (χ3v) is 2.84. The summed E-state index contributed by atoms with van der Waals surface area (Å²) < 4.78 is 5.06. The minimum absolute atomic E-state index is 0.0175. The van der Waals surface area contributed by atoms with E-state index in [0.29, 0.717) is 18.7 Å². The number of carbonyl (C=O) groups excluding carboxylic acids is 1. The van der Waals surface area contributed by atoms with Crippen molar-refractivity contribution in [2.75, 3.05) is 32.1 Å². The van der Waals surface area contributed by atoms with Crippen LogP contribution in [0, 0.1) is 0 Å². The lowest BCUT2D eigenvalue weighted by Crippen LogP contribution is -2.39. The smallest absolute Gasteiger partial charge is 0.257 e. The van der Waals surface area contributed by atoms with Gasteiger partial charge in [0.05, 0.1) is 17.9 Å². The van der Waals surface area contributed by atoms with E-state index in [-0.39, 0.29) is 11.9 Å². The Kier molecular flexibility index (Phi) is 6.29. The molecule has 1 aromatic heterocycles. The van der Waals surface area contributed by atoms with E-state index >= 15 is 0 Å². The summed E-state index contributed by atoms with van der Waals surface area (Å²) in [5, 5.41) is 3.19. The highest BCUT2D eigenvalue weighted by Gasteiger charge is 2.21. The van der Waals surface area contributed by atoms with Crippen LogP contribution in [-0.4, -0.2) is 48.6 Å². The monoisotopic (exact) mass is 265 g/mol. The van der Waals surface area contributed by atoms with E-state index in [0.717, 1.165) is 12.2 Å². The zero-order chi connectivity index (χ0) is 14.3. The average Bonchev–Trinajstić information content (AvgIpc) is 2.39. The molecule has 0 aromatic carbocycles. The molecule has 1 aromatic rings. The summed E-state index contributed by atoms with van der Waals surface area (Å²) in [6.07, 6.45) is 3.30. The number of rotatable bonds is 7. The number of hydrogen-bond acceptors (Lipinski definition) is 4. The number of nitrogens with zero attached hydrogens (tertiary/aromatic N) is 2. The number of ether oxygens (including phenoxy) is 1. The lowest BCUT2D eigenvalue weighted by atomic mass is 10.1. The van der Waals surface area contributed by atoms with Crippen molar-refractivity contribution in [3.05, 3.63) is 24.0 Å². The lowest BCUT2D eigenvalue weighted by Gasteiger charge is -2.27. The second kappa shape index (κ2) is 7.74. The highest BCUT2D eigenvalue weighted by atomic mass is 16.5. The number of carbonyl (C=O) groups is 1. The molecule has 0 radical (unpaired) electrons. The van der Waals surface area contributed by atoms with E-state index in [1.807, 2.05) is 26.8 Å². The quantitative estimate of drug-likeness (QED) is 0.819. The summed E-state index contributed by atoms with van der Waals surface area (Å²) in [5.41, 5.74) is 1.43. The summed E-state index contributed by atoms with van der Waals surface area (Å²) >= 11 is 0. The average molecular weight is 265 g/mol. The molecule has 0 spiro atoms. The minimum Gasteiger partial charge on any atom is -0.385 e.